The number of benzene rings is 1. The van der Waals surface area contributed by atoms with Crippen molar-refractivity contribution in [2.24, 2.45) is 0 Å². The van der Waals surface area contributed by atoms with Gasteiger partial charge in [-0.3, -0.25) is 15.0 Å². The molecular formula is C18H26N6O2. The minimum Gasteiger partial charge on any atom is -0.380 e. The highest BCUT2D eigenvalue weighted by Gasteiger charge is 2.19. The number of fused-ring (bicyclic) bond motifs is 1. The van der Waals surface area contributed by atoms with Crippen molar-refractivity contribution in [3.8, 4) is 0 Å². The second-order valence-corrected chi connectivity index (χ2v) is 6.70. The Bertz CT molecular complexity index is 782. The van der Waals surface area contributed by atoms with Crippen LogP contribution in [0.3, 0.4) is 0 Å². The molecule has 2 N–H and O–H groups in total. The van der Waals surface area contributed by atoms with E-state index in [0.29, 0.717) is 35.0 Å². The zero-order valence-corrected chi connectivity index (χ0v) is 15.4. The number of nitro groups is 1. The molecule has 1 unspecified atom stereocenters. The lowest BCUT2D eigenvalue weighted by molar-refractivity contribution is -0.383. The zero-order chi connectivity index (χ0) is 18.5. The van der Waals surface area contributed by atoms with Gasteiger partial charge in [-0.15, -0.1) is 0 Å². The van der Waals surface area contributed by atoms with Crippen LogP contribution in [0.4, 0.5) is 17.2 Å². The summed E-state index contributed by atoms with van der Waals surface area (Å²) in [5, 5.41) is 18.4. The molecular weight excluding hydrogens is 332 g/mol. The molecule has 140 valence electrons. The van der Waals surface area contributed by atoms with Gasteiger partial charge in [0.1, 0.15) is 17.8 Å². The molecule has 0 bridgehead atoms. The quantitative estimate of drug-likeness (QED) is 0.579. The van der Waals surface area contributed by atoms with Gasteiger partial charge in [-0.1, -0.05) is 6.42 Å². The maximum Gasteiger partial charge on any atom is 0.293 e. The van der Waals surface area contributed by atoms with Gasteiger partial charge in [-0.2, -0.15) is 0 Å². The highest BCUT2D eigenvalue weighted by atomic mass is 16.6. The molecule has 2 aromatic rings. The van der Waals surface area contributed by atoms with Crippen molar-refractivity contribution < 1.29 is 4.92 Å². The maximum atomic E-state index is 11.4. The standard InChI is InChI=1S/C18H26N6O2/c1-3-19-16-11-15-14(10-17(16)24(25)26)18(22-12-21-15)20-7-9-23-8-5-4-6-13(23)2/h10-13,19H,3-9H2,1-2H3,(H,20,21,22). The van der Waals surface area contributed by atoms with Crippen LogP contribution in [0, 0.1) is 10.1 Å². The third-order valence-electron chi connectivity index (χ3n) is 4.95. The molecule has 0 amide bonds. The molecule has 1 fully saturated rings. The topological polar surface area (TPSA) is 96.2 Å². The Kier molecular flexibility index (Phi) is 5.82. The number of anilines is 2. The van der Waals surface area contributed by atoms with Crippen molar-refractivity contribution in [1.82, 2.24) is 14.9 Å². The molecule has 0 saturated carbocycles. The van der Waals surface area contributed by atoms with Crippen LogP contribution >= 0.6 is 0 Å². The van der Waals surface area contributed by atoms with Crippen LogP contribution in [0.5, 0.6) is 0 Å². The predicted molar refractivity (Wildman–Crippen MR) is 104 cm³/mol. The van der Waals surface area contributed by atoms with Crippen molar-refractivity contribution in [3.05, 3.63) is 28.6 Å². The molecule has 0 radical (unpaired) electrons. The van der Waals surface area contributed by atoms with E-state index >= 15 is 0 Å². The first kappa shape index (κ1) is 18.3. The van der Waals surface area contributed by atoms with Crippen molar-refractivity contribution in [3.63, 3.8) is 0 Å². The third kappa shape index (κ3) is 4.01. The van der Waals surface area contributed by atoms with E-state index in [4.69, 9.17) is 0 Å². The Morgan fingerprint density at radius 2 is 2.15 bits per heavy atom. The molecule has 0 spiro atoms. The Hall–Kier alpha value is -2.48. The van der Waals surface area contributed by atoms with Gasteiger partial charge in [-0.05, 0) is 39.3 Å². The van der Waals surface area contributed by atoms with Gasteiger partial charge in [0.05, 0.1) is 10.4 Å². The van der Waals surface area contributed by atoms with Gasteiger partial charge < -0.3 is 10.6 Å². The van der Waals surface area contributed by atoms with Gasteiger partial charge >= 0.3 is 0 Å². The molecule has 1 atom stereocenters. The van der Waals surface area contributed by atoms with E-state index in [-0.39, 0.29) is 10.6 Å². The van der Waals surface area contributed by atoms with Gasteiger partial charge in [0, 0.05) is 37.1 Å². The minimum atomic E-state index is -0.371. The predicted octanol–water partition coefficient (Wildman–Crippen LogP) is 3.26. The van der Waals surface area contributed by atoms with Crippen LogP contribution in [0.1, 0.15) is 33.1 Å². The van der Waals surface area contributed by atoms with E-state index < -0.39 is 0 Å². The van der Waals surface area contributed by atoms with Gasteiger partial charge in [0.15, 0.2) is 0 Å². The third-order valence-corrected chi connectivity index (χ3v) is 4.95. The fraction of sp³-hybridized carbons (Fsp3) is 0.556. The summed E-state index contributed by atoms with van der Waals surface area (Å²) in [7, 11) is 0. The van der Waals surface area contributed by atoms with E-state index in [1.54, 1.807) is 12.1 Å². The largest absolute Gasteiger partial charge is 0.380 e. The maximum absolute atomic E-state index is 11.4. The monoisotopic (exact) mass is 358 g/mol. The minimum absolute atomic E-state index is 0.0434. The highest BCUT2D eigenvalue weighted by molar-refractivity contribution is 5.94. The van der Waals surface area contributed by atoms with Crippen LogP contribution in [-0.2, 0) is 0 Å². The number of likely N-dealkylation sites (tertiary alicyclic amines) is 1. The molecule has 3 rings (SSSR count). The summed E-state index contributed by atoms with van der Waals surface area (Å²) in [5.74, 6) is 0.644. The van der Waals surface area contributed by atoms with E-state index in [9.17, 15) is 10.1 Å². The summed E-state index contributed by atoms with van der Waals surface area (Å²) >= 11 is 0. The highest BCUT2D eigenvalue weighted by Crippen LogP contribution is 2.31. The first-order valence-corrected chi connectivity index (χ1v) is 9.25. The van der Waals surface area contributed by atoms with E-state index in [1.807, 2.05) is 6.92 Å². The first-order chi connectivity index (χ1) is 12.6. The summed E-state index contributed by atoms with van der Waals surface area (Å²) in [4.78, 5) is 22.1. The molecule has 8 heteroatoms. The van der Waals surface area contributed by atoms with Gasteiger partial charge in [0.25, 0.3) is 5.69 Å². The van der Waals surface area contributed by atoms with E-state index in [1.165, 1.54) is 25.6 Å². The number of nitro benzene ring substituents is 1. The van der Waals surface area contributed by atoms with Crippen molar-refractivity contribution >= 4 is 28.1 Å². The van der Waals surface area contributed by atoms with Crippen LogP contribution in [0.25, 0.3) is 10.9 Å². The van der Waals surface area contributed by atoms with E-state index in [0.717, 1.165) is 19.6 Å². The Labute approximate surface area is 153 Å². The second-order valence-electron chi connectivity index (χ2n) is 6.70. The van der Waals surface area contributed by atoms with Crippen LogP contribution in [-0.4, -0.2) is 52.0 Å². The molecule has 1 aromatic carbocycles. The second kappa shape index (κ2) is 8.27. The Morgan fingerprint density at radius 1 is 1.31 bits per heavy atom. The summed E-state index contributed by atoms with van der Waals surface area (Å²) in [5.41, 5.74) is 1.22. The fourth-order valence-corrected chi connectivity index (χ4v) is 3.52. The molecule has 1 saturated heterocycles. The first-order valence-electron chi connectivity index (χ1n) is 9.25. The normalized spacial score (nSPS) is 18.0. The van der Waals surface area contributed by atoms with Crippen LogP contribution < -0.4 is 10.6 Å². The lowest BCUT2D eigenvalue weighted by Gasteiger charge is -2.33. The van der Waals surface area contributed by atoms with E-state index in [2.05, 4.69) is 32.4 Å². The summed E-state index contributed by atoms with van der Waals surface area (Å²) in [6.07, 6.45) is 5.30. The van der Waals surface area contributed by atoms with Crippen LogP contribution in [0.2, 0.25) is 0 Å². The van der Waals surface area contributed by atoms with Crippen molar-refractivity contribution in [2.75, 3.05) is 36.8 Å². The fourth-order valence-electron chi connectivity index (χ4n) is 3.52. The zero-order valence-electron chi connectivity index (χ0n) is 15.4. The molecule has 1 aliphatic heterocycles. The van der Waals surface area contributed by atoms with Gasteiger partial charge in [0.2, 0.25) is 0 Å². The summed E-state index contributed by atoms with van der Waals surface area (Å²) in [6.45, 7) is 7.60. The Morgan fingerprint density at radius 3 is 2.88 bits per heavy atom. The average molecular weight is 358 g/mol. The number of rotatable bonds is 7. The molecule has 26 heavy (non-hydrogen) atoms. The number of nitrogens with one attached hydrogen (secondary N) is 2. The summed E-state index contributed by atoms with van der Waals surface area (Å²) < 4.78 is 0. The smallest absolute Gasteiger partial charge is 0.293 e. The molecule has 0 aliphatic carbocycles. The molecule has 1 aliphatic rings. The lowest BCUT2D eigenvalue weighted by atomic mass is 10.0. The SMILES string of the molecule is CCNc1cc2ncnc(NCCN3CCCCC3C)c2cc1[N+](=O)[O-]. The number of piperidine rings is 1. The lowest BCUT2D eigenvalue weighted by Crippen LogP contribution is -2.40. The Balaban J connectivity index is 1.79. The van der Waals surface area contributed by atoms with Crippen molar-refractivity contribution in [1.29, 1.82) is 0 Å². The molecule has 2 heterocycles. The van der Waals surface area contributed by atoms with Gasteiger partial charge in [-0.25, -0.2) is 9.97 Å². The number of hydrogen-bond donors (Lipinski definition) is 2. The van der Waals surface area contributed by atoms with Crippen molar-refractivity contribution in [2.45, 2.75) is 39.2 Å². The molecule has 1 aromatic heterocycles. The number of hydrogen-bond acceptors (Lipinski definition) is 7. The number of aromatic nitrogens is 2. The molecule has 8 nitrogen and oxygen atoms in total. The number of nitrogens with zero attached hydrogens (tertiary/aromatic N) is 4. The summed E-state index contributed by atoms with van der Waals surface area (Å²) in [6, 6.07) is 3.88. The van der Waals surface area contributed by atoms with Crippen LogP contribution in [0.15, 0.2) is 18.5 Å². The average Bonchev–Trinajstić information content (AvgIpc) is 2.63.